The molecule has 0 N–H and O–H groups in total. The molecule has 0 radical (unpaired) electrons. The zero-order chi connectivity index (χ0) is 8.81. The normalized spacial score (nSPS) is 10.0. The second kappa shape index (κ2) is 4.94. The van der Waals surface area contributed by atoms with Crippen molar-refractivity contribution in [2.75, 3.05) is 4.43 Å². The highest BCUT2D eigenvalue weighted by Crippen LogP contribution is 2.05. The van der Waals surface area contributed by atoms with Crippen LogP contribution >= 0.6 is 22.6 Å². The third-order valence-corrected chi connectivity index (χ3v) is 1.95. The van der Waals surface area contributed by atoms with Gasteiger partial charge in [-0.15, -0.1) is 0 Å². The number of hydrogen-bond acceptors (Lipinski definition) is 1. The molecule has 0 amide bonds. The maximum absolute atomic E-state index is 8.54. The molecule has 60 valence electrons. The van der Waals surface area contributed by atoms with Crippen molar-refractivity contribution in [3.8, 4) is 6.07 Å². The van der Waals surface area contributed by atoms with Gasteiger partial charge in [0.25, 0.3) is 0 Å². The van der Waals surface area contributed by atoms with Crippen molar-refractivity contribution >= 4 is 28.7 Å². The third-order valence-electron chi connectivity index (χ3n) is 1.44. The van der Waals surface area contributed by atoms with Gasteiger partial charge in [0.15, 0.2) is 0 Å². The number of halogens is 1. The molecule has 1 aromatic rings. The van der Waals surface area contributed by atoms with Crippen LogP contribution in [0.3, 0.4) is 0 Å². The van der Waals surface area contributed by atoms with E-state index in [4.69, 9.17) is 5.26 Å². The van der Waals surface area contributed by atoms with Gasteiger partial charge < -0.3 is 0 Å². The van der Waals surface area contributed by atoms with Crippen LogP contribution in [0.1, 0.15) is 11.1 Å². The maximum atomic E-state index is 8.54. The molecule has 0 saturated heterocycles. The monoisotopic (exact) mass is 269 g/mol. The number of nitrogens with zero attached hydrogens (tertiary/aromatic N) is 1. The summed E-state index contributed by atoms with van der Waals surface area (Å²) >= 11 is 2.29. The van der Waals surface area contributed by atoms with Crippen LogP contribution in [0.4, 0.5) is 0 Å². The lowest BCUT2D eigenvalue weighted by Crippen LogP contribution is -1.74. The largest absolute Gasteiger partial charge is 0.192 e. The van der Waals surface area contributed by atoms with Gasteiger partial charge in [0.1, 0.15) is 0 Å². The smallest absolute Gasteiger partial charge is 0.0991 e. The molecule has 0 heterocycles. The van der Waals surface area contributed by atoms with Crippen LogP contribution < -0.4 is 0 Å². The van der Waals surface area contributed by atoms with E-state index in [1.54, 1.807) is 0 Å². The van der Waals surface area contributed by atoms with Gasteiger partial charge in [0.2, 0.25) is 0 Å². The molecular weight excluding hydrogens is 261 g/mol. The first-order chi connectivity index (χ1) is 5.86. The zero-order valence-electron chi connectivity index (χ0n) is 6.50. The van der Waals surface area contributed by atoms with Gasteiger partial charge in [-0.25, -0.2) is 0 Å². The summed E-state index contributed by atoms with van der Waals surface area (Å²) in [6.07, 6.45) is 4.13. The molecule has 0 aliphatic heterocycles. The summed E-state index contributed by atoms with van der Waals surface area (Å²) in [5.74, 6) is 0. The van der Waals surface area contributed by atoms with Crippen LogP contribution in [0.15, 0.2) is 30.3 Å². The first-order valence-electron chi connectivity index (χ1n) is 3.59. The topological polar surface area (TPSA) is 23.8 Å². The molecule has 0 aromatic heterocycles. The van der Waals surface area contributed by atoms with Crippen molar-refractivity contribution in [2.45, 2.75) is 0 Å². The van der Waals surface area contributed by atoms with Crippen LogP contribution in [0.5, 0.6) is 0 Å². The molecule has 0 spiro atoms. The minimum absolute atomic E-state index is 0.710. The Morgan fingerprint density at radius 3 is 2.50 bits per heavy atom. The minimum Gasteiger partial charge on any atom is -0.192 e. The molecule has 0 fully saturated rings. The van der Waals surface area contributed by atoms with Gasteiger partial charge in [0.05, 0.1) is 11.6 Å². The fourth-order valence-electron chi connectivity index (χ4n) is 0.849. The quantitative estimate of drug-likeness (QED) is 0.598. The summed E-state index contributed by atoms with van der Waals surface area (Å²) in [7, 11) is 0. The molecule has 1 rings (SSSR count). The lowest BCUT2D eigenvalue weighted by atomic mass is 10.1. The van der Waals surface area contributed by atoms with Gasteiger partial charge in [0, 0.05) is 4.43 Å². The Labute approximate surface area is 85.9 Å². The van der Waals surface area contributed by atoms with Crippen molar-refractivity contribution in [3.05, 3.63) is 41.5 Å². The summed E-state index contributed by atoms with van der Waals surface area (Å²) in [5, 5.41) is 8.54. The summed E-state index contributed by atoms with van der Waals surface area (Å²) < 4.78 is 1.01. The summed E-state index contributed by atoms with van der Waals surface area (Å²) in [6.45, 7) is 0. The molecule has 1 aromatic carbocycles. The van der Waals surface area contributed by atoms with Crippen molar-refractivity contribution in [1.29, 1.82) is 5.26 Å². The van der Waals surface area contributed by atoms with E-state index >= 15 is 0 Å². The Kier molecular flexibility index (Phi) is 3.81. The van der Waals surface area contributed by atoms with E-state index in [0.29, 0.717) is 5.56 Å². The summed E-state index contributed by atoms with van der Waals surface area (Å²) in [4.78, 5) is 0. The van der Waals surface area contributed by atoms with E-state index in [2.05, 4.69) is 34.7 Å². The second-order valence-corrected chi connectivity index (χ2v) is 3.17. The van der Waals surface area contributed by atoms with Crippen molar-refractivity contribution < 1.29 is 0 Å². The van der Waals surface area contributed by atoms with E-state index in [9.17, 15) is 0 Å². The van der Waals surface area contributed by atoms with E-state index in [0.717, 1.165) is 9.99 Å². The number of benzene rings is 1. The van der Waals surface area contributed by atoms with Crippen molar-refractivity contribution in [2.24, 2.45) is 0 Å². The highest BCUT2D eigenvalue weighted by molar-refractivity contribution is 14.1. The molecule has 0 unspecified atom stereocenters. The highest BCUT2D eigenvalue weighted by Gasteiger charge is 1.87. The molecule has 1 nitrogen and oxygen atoms in total. The van der Waals surface area contributed by atoms with E-state index in [-0.39, 0.29) is 0 Å². The molecule has 0 saturated carbocycles. The third kappa shape index (κ3) is 2.67. The second-order valence-electron chi connectivity index (χ2n) is 2.29. The first kappa shape index (κ1) is 9.27. The van der Waals surface area contributed by atoms with E-state index < -0.39 is 0 Å². The van der Waals surface area contributed by atoms with Crippen LogP contribution in [0.25, 0.3) is 6.08 Å². The molecule has 0 atom stereocenters. The maximum Gasteiger partial charge on any atom is 0.0991 e. The van der Waals surface area contributed by atoms with Crippen LogP contribution in [0, 0.1) is 11.3 Å². The van der Waals surface area contributed by atoms with Gasteiger partial charge in [-0.1, -0.05) is 46.9 Å². The molecule has 2 heteroatoms. The number of allylic oxidation sites excluding steroid dienone is 1. The summed E-state index contributed by atoms with van der Waals surface area (Å²) in [6, 6.07) is 9.63. The van der Waals surface area contributed by atoms with Crippen LogP contribution in [0.2, 0.25) is 0 Å². The van der Waals surface area contributed by atoms with Crippen LogP contribution in [-0.4, -0.2) is 4.43 Å². The average molecular weight is 269 g/mol. The Morgan fingerprint density at radius 1 is 1.33 bits per heavy atom. The Morgan fingerprint density at radius 2 is 2.00 bits per heavy atom. The standard InChI is InChI=1S/C10H8IN/c11-7-1-2-9-3-5-10(8-12)6-4-9/h1-6H,7H2. The lowest BCUT2D eigenvalue weighted by Gasteiger charge is -1.91. The fraction of sp³-hybridized carbons (Fsp3) is 0.100. The van der Waals surface area contributed by atoms with Crippen LogP contribution in [-0.2, 0) is 0 Å². The number of hydrogen-bond donors (Lipinski definition) is 0. The molecule has 0 bridgehead atoms. The summed E-state index contributed by atoms with van der Waals surface area (Å²) in [5.41, 5.74) is 1.85. The van der Waals surface area contributed by atoms with E-state index in [1.807, 2.05) is 30.3 Å². The fourth-order valence-corrected chi connectivity index (χ4v) is 1.10. The SMILES string of the molecule is N#Cc1ccc(C=CCI)cc1. The Balaban J connectivity index is 2.80. The van der Waals surface area contributed by atoms with Gasteiger partial charge in [-0.05, 0) is 17.7 Å². The number of nitriles is 1. The number of rotatable bonds is 2. The van der Waals surface area contributed by atoms with Gasteiger partial charge >= 0.3 is 0 Å². The lowest BCUT2D eigenvalue weighted by molar-refractivity contribution is 1.48. The predicted molar refractivity (Wildman–Crippen MR) is 59.1 cm³/mol. The highest BCUT2D eigenvalue weighted by atomic mass is 127. The number of alkyl halides is 1. The minimum atomic E-state index is 0.710. The zero-order valence-corrected chi connectivity index (χ0v) is 8.65. The molecule has 0 aliphatic rings. The molecule has 12 heavy (non-hydrogen) atoms. The molecular formula is C10H8IN. The first-order valence-corrected chi connectivity index (χ1v) is 5.12. The Bertz CT molecular complexity index is 306. The molecule has 0 aliphatic carbocycles. The average Bonchev–Trinajstić information content (AvgIpc) is 2.15. The van der Waals surface area contributed by atoms with Gasteiger partial charge in [-0.3, -0.25) is 0 Å². The van der Waals surface area contributed by atoms with Gasteiger partial charge in [-0.2, -0.15) is 5.26 Å². The Hall–Kier alpha value is -0.820. The van der Waals surface area contributed by atoms with Crippen molar-refractivity contribution in [3.63, 3.8) is 0 Å². The predicted octanol–water partition coefficient (Wildman–Crippen LogP) is 3.01. The van der Waals surface area contributed by atoms with Crippen molar-refractivity contribution in [1.82, 2.24) is 0 Å². The van der Waals surface area contributed by atoms with E-state index in [1.165, 1.54) is 0 Å².